The van der Waals surface area contributed by atoms with Gasteiger partial charge in [0.1, 0.15) is 6.17 Å². The van der Waals surface area contributed by atoms with Gasteiger partial charge in [-0.25, -0.2) is 4.39 Å². The monoisotopic (exact) mass is 164 g/mol. The minimum Gasteiger partial charge on any atom is -0.251 e. The van der Waals surface area contributed by atoms with Gasteiger partial charge < -0.3 is 0 Å². The van der Waals surface area contributed by atoms with Crippen molar-refractivity contribution < 1.29 is 8.78 Å². The molecule has 0 aromatic rings. The molecule has 11 heavy (non-hydrogen) atoms. The number of halogens is 2. The molecule has 0 radical (unpaired) electrons. The predicted molar refractivity (Wildman–Crippen MR) is 44.2 cm³/mol. The molecule has 0 amide bonds. The van der Waals surface area contributed by atoms with Crippen molar-refractivity contribution in [2.45, 2.75) is 51.6 Å². The lowest BCUT2D eigenvalue weighted by Gasteiger charge is -2.03. The second kappa shape index (κ2) is 7.96. The summed E-state index contributed by atoms with van der Waals surface area (Å²) < 4.78 is 24.2. The van der Waals surface area contributed by atoms with Crippen LogP contribution in [0.25, 0.3) is 0 Å². The van der Waals surface area contributed by atoms with E-state index in [0.29, 0.717) is 6.42 Å². The number of rotatable bonds is 7. The summed E-state index contributed by atoms with van der Waals surface area (Å²) in [5, 5.41) is 0. The van der Waals surface area contributed by atoms with E-state index in [0.717, 1.165) is 12.8 Å². The number of alkyl halides is 2. The van der Waals surface area contributed by atoms with E-state index in [-0.39, 0.29) is 6.42 Å². The van der Waals surface area contributed by atoms with Crippen molar-refractivity contribution in [2.24, 2.45) is 0 Å². The van der Waals surface area contributed by atoms with Gasteiger partial charge in [-0.2, -0.15) is 0 Å². The first-order valence-corrected chi connectivity index (χ1v) is 4.51. The minimum atomic E-state index is -0.906. The van der Waals surface area contributed by atoms with Crippen molar-refractivity contribution in [3.63, 3.8) is 0 Å². The number of hydrogen-bond acceptors (Lipinski definition) is 0. The zero-order valence-corrected chi connectivity index (χ0v) is 7.28. The van der Waals surface area contributed by atoms with Crippen LogP contribution in [0.1, 0.15) is 45.4 Å². The molecule has 0 nitrogen and oxygen atoms in total. The Balaban J connectivity index is 2.97. The van der Waals surface area contributed by atoms with E-state index in [1.807, 2.05) is 0 Å². The third kappa shape index (κ3) is 7.76. The Morgan fingerprint density at radius 1 is 1.09 bits per heavy atom. The highest BCUT2D eigenvalue weighted by Gasteiger charge is 2.04. The summed E-state index contributed by atoms with van der Waals surface area (Å²) in [4.78, 5) is 0. The maximum Gasteiger partial charge on any atom is 0.103 e. The summed E-state index contributed by atoms with van der Waals surface area (Å²) in [6.07, 6.45) is 4.06. The van der Waals surface area contributed by atoms with Gasteiger partial charge in [-0.1, -0.05) is 32.6 Å². The summed E-state index contributed by atoms with van der Waals surface area (Å²) >= 11 is 0. The Hall–Kier alpha value is -0.140. The highest BCUT2D eigenvalue weighted by molar-refractivity contribution is 4.55. The van der Waals surface area contributed by atoms with Gasteiger partial charge in [0.25, 0.3) is 0 Å². The van der Waals surface area contributed by atoms with Crippen molar-refractivity contribution in [2.75, 3.05) is 6.67 Å². The van der Waals surface area contributed by atoms with Crippen LogP contribution in [0.2, 0.25) is 0 Å². The molecule has 0 aliphatic heterocycles. The van der Waals surface area contributed by atoms with Crippen LogP contribution in [0, 0.1) is 0 Å². The van der Waals surface area contributed by atoms with Crippen LogP contribution in [-0.2, 0) is 0 Å². The van der Waals surface area contributed by atoms with Gasteiger partial charge in [-0.05, 0) is 6.42 Å². The standard InChI is InChI=1S/C9H18F2/c1-2-3-4-5-6-9(11)7-8-10/h9H,2-8H2,1H3. The molecule has 0 rings (SSSR count). The Morgan fingerprint density at radius 3 is 2.36 bits per heavy atom. The van der Waals surface area contributed by atoms with Crippen LogP contribution in [-0.4, -0.2) is 12.8 Å². The maximum absolute atomic E-state index is 12.6. The van der Waals surface area contributed by atoms with Crippen LogP contribution < -0.4 is 0 Å². The molecule has 1 atom stereocenters. The molecule has 68 valence electrons. The molecule has 0 aromatic heterocycles. The van der Waals surface area contributed by atoms with Gasteiger partial charge in [0.2, 0.25) is 0 Å². The van der Waals surface area contributed by atoms with Crippen molar-refractivity contribution in [3.8, 4) is 0 Å². The van der Waals surface area contributed by atoms with Crippen LogP contribution in [0.3, 0.4) is 0 Å². The highest BCUT2D eigenvalue weighted by atomic mass is 19.1. The molecule has 0 heterocycles. The Bertz CT molecular complexity index is 74.0. The summed E-state index contributed by atoms with van der Waals surface area (Å²) in [5.74, 6) is 0. The summed E-state index contributed by atoms with van der Waals surface area (Å²) in [6.45, 7) is 1.60. The third-order valence-electron chi connectivity index (χ3n) is 1.79. The average Bonchev–Trinajstić information content (AvgIpc) is 1.99. The fourth-order valence-corrected chi connectivity index (χ4v) is 1.06. The molecule has 0 fully saturated rings. The largest absolute Gasteiger partial charge is 0.251 e. The van der Waals surface area contributed by atoms with E-state index in [4.69, 9.17) is 0 Å². The predicted octanol–water partition coefficient (Wildman–Crippen LogP) is 3.65. The van der Waals surface area contributed by atoms with Gasteiger partial charge in [-0.3, -0.25) is 4.39 Å². The Labute approximate surface area is 68.0 Å². The second-order valence-corrected chi connectivity index (χ2v) is 2.92. The van der Waals surface area contributed by atoms with Gasteiger partial charge in [-0.15, -0.1) is 0 Å². The lowest BCUT2D eigenvalue weighted by atomic mass is 10.1. The fraction of sp³-hybridized carbons (Fsp3) is 1.00. The van der Waals surface area contributed by atoms with Crippen LogP contribution >= 0.6 is 0 Å². The molecule has 0 bridgehead atoms. The Kier molecular flexibility index (Phi) is 7.86. The first-order valence-electron chi connectivity index (χ1n) is 4.51. The van der Waals surface area contributed by atoms with Crippen LogP contribution in [0.15, 0.2) is 0 Å². The van der Waals surface area contributed by atoms with Crippen molar-refractivity contribution >= 4 is 0 Å². The van der Waals surface area contributed by atoms with Crippen LogP contribution in [0.5, 0.6) is 0 Å². The second-order valence-electron chi connectivity index (χ2n) is 2.92. The van der Waals surface area contributed by atoms with Gasteiger partial charge in [0, 0.05) is 6.42 Å². The zero-order valence-electron chi connectivity index (χ0n) is 7.28. The first-order chi connectivity index (χ1) is 5.31. The summed E-state index contributed by atoms with van der Waals surface area (Å²) in [7, 11) is 0. The molecule has 0 spiro atoms. The van der Waals surface area contributed by atoms with E-state index < -0.39 is 12.8 Å². The molecular weight excluding hydrogens is 146 g/mol. The number of unbranched alkanes of at least 4 members (excludes halogenated alkanes) is 3. The molecule has 0 aliphatic rings. The van der Waals surface area contributed by atoms with E-state index in [2.05, 4.69) is 6.92 Å². The Morgan fingerprint density at radius 2 is 1.82 bits per heavy atom. The molecule has 0 saturated carbocycles. The molecule has 0 saturated heterocycles. The first kappa shape index (κ1) is 10.9. The minimum absolute atomic E-state index is 0.0894. The average molecular weight is 164 g/mol. The quantitative estimate of drug-likeness (QED) is 0.504. The van der Waals surface area contributed by atoms with E-state index in [1.165, 1.54) is 12.8 Å². The summed E-state index contributed by atoms with van der Waals surface area (Å²) in [5.41, 5.74) is 0. The molecular formula is C9H18F2. The smallest absolute Gasteiger partial charge is 0.103 e. The topological polar surface area (TPSA) is 0 Å². The van der Waals surface area contributed by atoms with Gasteiger partial charge in [0.15, 0.2) is 0 Å². The normalized spacial score (nSPS) is 13.4. The summed E-state index contributed by atoms with van der Waals surface area (Å²) in [6, 6.07) is 0. The SMILES string of the molecule is CCCCCCC(F)CCF. The van der Waals surface area contributed by atoms with Gasteiger partial charge >= 0.3 is 0 Å². The highest BCUT2D eigenvalue weighted by Crippen LogP contribution is 2.10. The number of hydrogen-bond donors (Lipinski definition) is 0. The lowest BCUT2D eigenvalue weighted by molar-refractivity contribution is 0.262. The molecule has 1 unspecified atom stereocenters. The molecule has 0 aliphatic carbocycles. The fourth-order valence-electron chi connectivity index (χ4n) is 1.06. The van der Waals surface area contributed by atoms with E-state index in [1.54, 1.807) is 0 Å². The van der Waals surface area contributed by atoms with Gasteiger partial charge in [0.05, 0.1) is 6.67 Å². The molecule has 0 aromatic carbocycles. The van der Waals surface area contributed by atoms with Crippen molar-refractivity contribution in [1.29, 1.82) is 0 Å². The molecule has 0 N–H and O–H groups in total. The lowest BCUT2D eigenvalue weighted by Crippen LogP contribution is -2.00. The van der Waals surface area contributed by atoms with E-state index in [9.17, 15) is 8.78 Å². The maximum atomic E-state index is 12.6. The van der Waals surface area contributed by atoms with E-state index >= 15 is 0 Å². The van der Waals surface area contributed by atoms with Crippen molar-refractivity contribution in [3.05, 3.63) is 0 Å². The zero-order chi connectivity index (χ0) is 8.53. The third-order valence-corrected chi connectivity index (χ3v) is 1.79. The molecule has 2 heteroatoms. The van der Waals surface area contributed by atoms with Crippen LogP contribution in [0.4, 0.5) is 8.78 Å². The van der Waals surface area contributed by atoms with Crippen molar-refractivity contribution in [1.82, 2.24) is 0 Å².